The Kier molecular flexibility index (Phi) is 1.57. The molecular formula is C6H8N4O. The summed E-state index contributed by atoms with van der Waals surface area (Å²) in [5.41, 5.74) is 2.74. The smallest absolute Gasteiger partial charge is 0.149 e. The second kappa shape index (κ2) is 2.71. The van der Waals surface area contributed by atoms with Gasteiger partial charge in [-0.2, -0.15) is 5.10 Å². The van der Waals surface area contributed by atoms with E-state index >= 15 is 0 Å². The van der Waals surface area contributed by atoms with Crippen LogP contribution >= 0.6 is 0 Å². The third-order valence-corrected chi connectivity index (χ3v) is 1.40. The van der Waals surface area contributed by atoms with E-state index in [1.165, 1.54) is 6.33 Å². The molecule has 1 aliphatic heterocycles. The normalized spacial score (nSPS) is 17.3. The Balaban J connectivity index is 2.22. The van der Waals surface area contributed by atoms with E-state index in [0.29, 0.717) is 6.61 Å². The maximum Gasteiger partial charge on any atom is 0.149 e. The van der Waals surface area contributed by atoms with Gasteiger partial charge in [-0.3, -0.25) is 4.84 Å². The molecule has 1 N–H and O–H groups in total. The van der Waals surface area contributed by atoms with E-state index in [1.54, 1.807) is 11.0 Å². The third-order valence-electron chi connectivity index (χ3n) is 1.40. The first kappa shape index (κ1) is 6.36. The van der Waals surface area contributed by atoms with E-state index < -0.39 is 0 Å². The number of hydroxylamine groups is 1. The molecule has 0 fully saturated rings. The Morgan fingerprint density at radius 3 is 3.27 bits per heavy atom. The Bertz CT molecular complexity index is 254. The lowest BCUT2D eigenvalue weighted by Gasteiger charge is -2.14. The van der Waals surface area contributed by atoms with Crippen molar-refractivity contribution in [2.75, 3.05) is 6.61 Å². The fraction of sp³-hybridized carbons (Fsp3) is 0.333. The van der Waals surface area contributed by atoms with Gasteiger partial charge in [0.1, 0.15) is 18.5 Å². The number of nitrogens with zero attached hydrogens (tertiary/aromatic N) is 3. The lowest BCUT2D eigenvalue weighted by Crippen LogP contribution is -2.22. The van der Waals surface area contributed by atoms with Crippen LogP contribution in [0.3, 0.4) is 0 Å². The standard InChI is InChI=1S/C6H8N4O/c1-2-6(9-11-3-1)10-5-7-4-8-10/h2,4-5,9H,1,3H2. The monoisotopic (exact) mass is 152 g/mol. The lowest BCUT2D eigenvalue weighted by molar-refractivity contribution is 0.0689. The van der Waals surface area contributed by atoms with Crippen molar-refractivity contribution in [3.63, 3.8) is 0 Å². The van der Waals surface area contributed by atoms with Crippen molar-refractivity contribution in [1.82, 2.24) is 20.2 Å². The number of aromatic nitrogens is 3. The van der Waals surface area contributed by atoms with Gasteiger partial charge in [-0.25, -0.2) is 15.1 Å². The van der Waals surface area contributed by atoms with E-state index in [1.807, 2.05) is 6.08 Å². The van der Waals surface area contributed by atoms with Crippen molar-refractivity contribution in [3.8, 4) is 0 Å². The number of hydrogen-bond acceptors (Lipinski definition) is 4. The fourth-order valence-electron chi connectivity index (χ4n) is 0.894. The molecule has 0 bridgehead atoms. The number of hydrogen-bond donors (Lipinski definition) is 1. The molecule has 5 heteroatoms. The summed E-state index contributed by atoms with van der Waals surface area (Å²) in [6.45, 7) is 0.707. The van der Waals surface area contributed by atoms with Crippen molar-refractivity contribution >= 4 is 5.82 Å². The maximum atomic E-state index is 5.00. The Morgan fingerprint density at radius 2 is 2.64 bits per heavy atom. The van der Waals surface area contributed by atoms with Gasteiger partial charge in [0.25, 0.3) is 0 Å². The van der Waals surface area contributed by atoms with Crippen LogP contribution < -0.4 is 5.48 Å². The van der Waals surface area contributed by atoms with Crippen LogP contribution in [0.4, 0.5) is 0 Å². The molecule has 1 aromatic heterocycles. The minimum Gasteiger partial charge on any atom is -0.274 e. The summed E-state index contributed by atoms with van der Waals surface area (Å²) in [5.74, 6) is 0.828. The van der Waals surface area contributed by atoms with Crippen LogP contribution in [0.2, 0.25) is 0 Å². The highest BCUT2D eigenvalue weighted by Crippen LogP contribution is 2.03. The molecule has 0 atom stereocenters. The largest absolute Gasteiger partial charge is 0.274 e. The van der Waals surface area contributed by atoms with Gasteiger partial charge in [-0.05, 0) is 12.5 Å². The molecular weight excluding hydrogens is 144 g/mol. The second-order valence-electron chi connectivity index (χ2n) is 2.17. The lowest BCUT2D eigenvalue weighted by atomic mass is 10.4. The summed E-state index contributed by atoms with van der Waals surface area (Å²) >= 11 is 0. The maximum absolute atomic E-state index is 5.00. The zero-order valence-corrected chi connectivity index (χ0v) is 5.90. The van der Waals surface area contributed by atoms with E-state index in [2.05, 4.69) is 15.6 Å². The Hall–Kier alpha value is -1.36. The molecule has 0 amide bonds. The summed E-state index contributed by atoms with van der Waals surface area (Å²) in [7, 11) is 0. The molecule has 1 aromatic rings. The minimum atomic E-state index is 0.707. The topological polar surface area (TPSA) is 52.0 Å². The van der Waals surface area contributed by atoms with Crippen LogP contribution in [0.1, 0.15) is 6.42 Å². The predicted molar refractivity (Wildman–Crippen MR) is 38.0 cm³/mol. The van der Waals surface area contributed by atoms with Crippen LogP contribution in [-0.2, 0) is 4.84 Å². The quantitative estimate of drug-likeness (QED) is 0.615. The van der Waals surface area contributed by atoms with Gasteiger partial charge in [0.15, 0.2) is 0 Å². The number of nitrogens with one attached hydrogen (secondary N) is 1. The van der Waals surface area contributed by atoms with E-state index in [0.717, 1.165) is 12.2 Å². The summed E-state index contributed by atoms with van der Waals surface area (Å²) in [4.78, 5) is 8.81. The molecule has 0 saturated heterocycles. The molecule has 1 aliphatic rings. The van der Waals surface area contributed by atoms with E-state index in [9.17, 15) is 0 Å². The molecule has 0 aliphatic carbocycles. The van der Waals surface area contributed by atoms with E-state index in [4.69, 9.17) is 4.84 Å². The average molecular weight is 152 g/mol. The van der Waals surface area contributed by atoms with Crippen LogP contribution in [0.15, 0.2) is 18.7 Å². The number of rotatable bonds is 1. The van der Waals surface area contributed by atoms with Gasteiger partial charge in [-0.1, -0.05) is 0 Å². The molecule has 58 valence electrons. The zero-order valence-electron chi connectivity index (χ0n) is 5.90. The summed E-state index contributed by atoms with van der Waals surface area (Å²) in [6, 6.07) is 0. The summed E-state index contributed by atoms with van der Waals surface area (Å²) in [6.07, 6.45) is 6.02. The zero-order chi connectivity index (χ0) is 7.52. The van der Waals surface area contributed by atoms with Gasteiger partial charge in [0, 0.05) is 0 Å². The summed E-state index contributed by atoms with van der Waals surface area (Å²) in [5, 5.41) is 3.93. The molecule has 2 heterocycles. The highest BCUT2D eigenvalue weighted by Gasteiger charge is 2.03. The second-order valence-corrected chi connectivity index (χ2v) is 2.17. The first-order chi connectivity index (χ1) is 5.47. The van der Waals surface area contributed by atoms with Gasteiger partial charge >= 0.3 is 0 Å². The van der Waals surface area contributed by atoms with Crippen molar-refractivity contribution in [2.24, 2.45) is 0 Å². The van der Waals surface area contributed by atoms with Crippen LogP contribution in [0, 0.1) is 0 Å². The van der Waals surface area contributed by atoms with Crippen LogP contribution in [-0.4, -0.2) is 21.4 Å². The molecule has 2 rings (SSSR count). The van der Waals surface area contributed by atoms with Gasteiger partial charge < -0.3 is 0 Å². The molecule has 0 spiro atoms. The average Bonchev–Trinajstić information content (AvgIpc) is 2.58. The van der Waals surface area contributed by atoms with E-state index in [-0.39, 0.29) is 0 Å². The van der Waals surface area contributed by atoms with Crippen molar-refractivity contribution in [3.05, 3.63) is 18.7 Å². The fourth-order valence-corrected chi connectivity index (χ4v) is 0.894. The van der Waals surface area contributed by atoms with Crippen molar-refractivity contribution in [1.29, 1.82) is 0 Å². The highest BCUT2D eigenvalue weighted by atomic mass is 16.6. The predicted octanol–water partition coefficient (Wildman–Crippen LogP) is 0.00140. The molecule has 11 heavy (non-hydrogen) atoms. The van der Waals surface area contributed by atoms with Gasteiger partial charge in [-0.15, -0.1) is 0 Å². The summed E-state index contributed by atoms with van der Waals surface area (Å²) < 4.78 is 1.62. The van der Waals surface area contributed by atoms with Gasteiger partial charge in [0.05, 0.1) is 6.61 Å². The SMILES string of the molecule is C1=C(n2cncn2)NOCC1. The molecule has 0 aromatic carbocycles. The first-order valence-corrected chi connectivity index (χ1v) is 3.40. The third kappa shape index (κ3) is 1.22. The molecule has 0 radical (unpaired) electrons. The van der Waals surface area contributed by atoms with Crippen LogP contribution in [0.5, 0.6) is 0 Å². The highest BCUT2D eigenvalue weighted by molar-refractivity contribution is 5.39. The van der Waals surface area contributed by atoms with Crippen molar-refractivity contribution < 1.29 is 4.84 Å². The Morgan fingerprint density at radius 1 is 1.64 bits per heavy atom. The molecule has 0 unspecified atom stereocenters. The molecule has 5 nitrogen and oxygen atoms in total. The van der Waals surface area contributed by atoms with Crippen LogP contribution in [0.25, 0.3) is 5.82 Å². The van der Waals surface area contributed by atoms with Gasteiger partial charge in [0.2, 0.25) is 0 Å². The molecule has 0 saturated carbocycles. The minimum absolute atomic E-state index is 0.707. The Labute approximate surface area is 63.6 Å². The first-order valence-electron chi connectivity index (χ1n) is 3.40. The van der Waals surface area contributed by atoms with Crippen molar-refractivity contribution in [2.45, 2.75) is 6.42 Å².